The van der Waals surface area contributed by atoms with Crippen molar-refractivity contribution in [2.45, 2.75) is 104 Å². The van der Waals surface area contributed by atoms with Crippen molar-refractivity contribution >= 4 is 0 Å². The molecule has 1 heterocycles. The second-order valence-corrected chi connectivity index (χ2v) is 7.99. The van der Waals surface area contributed by atoms with E-state index in [2.05, 4.69) is 34.6 Å². The number of nitrogens with two attached hydrogens (primary N) is 2. The molecule has 4 atom stereocenters. The molecule has 146 valence electrons. The summed E-state index contributed by atoms with van der Waals surface area (Å²) >= 11 is 0. The smallest absolute Gasteiger partial charge is 0.162 e. The lowest BCUT2D eigenvalue weighted by Gasteiger charge is -2.28. The van der Waals surface area contributed by atoms with Crippen LogP contribution in [0.25, 0.3) is 0 Å². The topological polar surface area (TPSA) is 79.7 Å². The first-order valence-electron chi connectivity index (χ1n) is 9.36. The number of methoxy groups -OCH3 is 1. The first kappa shape index (κ1) is 23.8. The summed E-state index contributed by atoms with van der Waals surface area (Å²) < 4.78 is 16.6. The SMILES string of the molecule is CCC(C)C(N)CC.COC(C)(C)OCC(N)C1CCC(C)(C)O1. The minimum atomic E-state index is -0.578. The maximum Gasteiger partial charge on any atom is 0.162 e. The summed E-state index contributed by atoms with van der Waals surface area (Å²) in [4.78, 5) is 0. The summed E-state index contributed by atoms with van der Waals surface area (Å²) in [5, 5.41) is 0. The summed E-state index contributed by atoms with van der Waals surface area (Å²) in [7, 11) is 1.63. The van der Waals surface area contributed by atoms with Crippen LogP contribution in [0.5, 0.6) is 0 Å². The molecule has 1 fully saturated rings. The van der Waals surface area contributed by atoms with Crippen LogP contribution in [0.15, 0.2) is 0 Å². The molecular formula is C19H42N2O3. The van der Waals surface area contributed by atoms with Crippen LogP contribution in [0, 0.1) is 5.92 Å². The van der Waals surface area contributed by atoms with Gasteiger partial charge in [-0.25, -0.2) is 0 Å². The lowest BCUT2D eigenvalue weighted by Crippen LogP contribution is -2.42. The van der Waals surface area contributed by atoms with Gasteiger partial charge in [-0.1, -0.05) is 27.2 Å². The van der Waals surface area contributed by atoms with Gasteiger partial charge in [-0.3, -0.25) is 0 Å². The lowest BCUT2D eigenvalue weighted by atomic mass is 9.98. The fourth-order valence-corrected chi connectivity index (χ4v) is 2.49. The molecule has 0 aromatic heterocycles. The molecule has 0 aliphatic carbocycles. The molecule has 4 N–H and O–H groups in total. The van der Waals surface area contributed by atoms with Crippen LogP contribution in [0.4, 0.5) is 0 Å². The molecule has 24 heavy (non-hydrogen) atoms. The van der Waals surface area contributed by atoms with E-state index in [-0.39, 0.29) is 17.7 Å². The zero-order valence-corrected chi connectivity index (χ0v) is 17.2. The third-order valence-electron chi connectivity index (χ3n) is 4.94. The van der Waals surface area contributed by atoms with Crippen molar-refractivity contribution in [3.05, 3.63) is 0 Å². The molecule has 0 amide bonds. The minimum Gasteiger partial charge on any atom is -0.371 e. The second-order valence-electron chi connectivity index (χ2n) is 7.99. The molecule has 0 bridgehead atoms. The van der Waals surface area contributed by atoms with Crippen LogP contribution in [-0.4, -0.2) is 43.3 Å². The molecule has 0 radical (unpaired) electrons. The van der Waals surface area contributed by atoms with E-state index in [1.54, 1.807) is 7.11 Å². The standard InChI is InChI=1S/C12H25NO3.C7H17N/c1-11(2)7-6-10(16-11)9(13)8-15-12(3,4)14-5;1-4-6(3)7(8)5-2/h9-10H,6-8,13H2,1-5H3;6-7H,4-5,8H2,1-3H3. The van der Waals surface area contributed by atoms with Gasteiger partial charge in [-0.05, 0) is 52.9 Å². The molecule has 5 nitrogen and oxygen atoms in total. The van der Waals surface area contributed by atoms with Gasteiger partial charge in [0.1, 0.15) is 0 Å². The Balaban J connectivity index is 0.000000561. The normalized spacial score (nSPS) is 24.0. The zero-order chi connectivity index (χ0) is 19.0. The Kier molecular flexibility index (Phi) is 10.6. The first-order chi connectivity index (χ1) is 11.0. The van der Waals surface area contributed by atoms with Crippen molar-refractivity contribution in [1.82, 2.24) is 0 Å². The Morgan fingerprint density at radius 2 is 1.79 bits per heavy atom. The third-order valence-corrected chi connectivity index (χ3v) is 4.94. The first-order valence-corrected chi connectivity index (χ1v) is 9.36. The van der Waals surface area contributed by atoms with Gasteiger partial charge in [0.15, 0.2) is 5.79 Å². The largest absolute Gasteiger partial charge is 0.371 e. The average Bonchev–Trinajstić information content (AvgIpc) is 2.91. The average molecular weight is 347 g/mol. The molecule has 0 spiro atoms. The molecular weight excluding hydrogens is 304 g/mol. The van der Waals surface area contributed by atoms with Crippen molar-refractivity contribution in [2.75, 3.05) is 13.7 Å². The van der Waals surface area contributed by atoms with Crippen molar-refractivity contribution in [3.63, 3.8) is 0 Å². The van der Waals surface area contributed by atoms with Crippen molar-refractivity contribution in [3.8, 4) is 0 Å². The number of hydrogen-bond donors (Lipinski definition) is 2. The van der Waals surface area contributed by atoms with Crippen LogP contribution in [0.1, 0.15) is 74.1 Å². The summed E-state index contributed by atoms with van der Waals surface area (Å²) in [5.74, 6) is 0.117. The maximum absolute atomic E-state index is 6.06. The fraction of sp³-hybridized carbons (Fsp3) is 1.00. The lowest BCUT2D eigenvalue weighted by molar-refractivity contribution is -0.203. The fourth-order valence-electron chi connectivity index (χ4n) is 2.49. The predicted molar refractivity (Wildman–Crippen MR) is 101 cm³/mol. The molecule has 0 saturated carbocycles. The van der Waals surface area contributed by atoms with Crippen LogP contribution in [0.2, 0.25) is 0 Å². The Hall–Kier alpha value is -0.200. The maximum atomic E-state index is 6.06. The molecule has 1 saturated heterocycles. The zero-order valence-electron chi connectivity index (χ0n) is 17.2. The van der Waals surface area contributed by atoms with E-state index < -0.39 is 5.79 Å². The number of ether oxygens (including phenoxy) is 3. The molecule has 0 aromatic rings. The van der Waals surface area contributed by atoms with Gasteiger partial charge in [0.2, 0.25) is 0 Å². The molecule has 1 rings (SSSR count). The highest BCUT2D eigenvalue weighted by Crippen LogP contribution is 2.30. The van der Waals surface area contributed by atoms with E-state index in [0.717, 1.165) is 19.3 Å². The van der Waals surface area contributed by atoms with Gasteiger partial charge in [0.05, 0.1) is 24.4 Å². The summed E-state index contributed by atoms with van der Waals surface area (Å²) in [6.45, 7) is 14.9. The van der Waals surface area contributed by atoms with Crippen molar-refractivity contribution in [2.24, 2.45) is 17.4 Å². The highest BCUT2D eigenvalue weighted by Gasteiger charge is 2.35. The van der Waals surface area contributed by atoms with E-state index >= 15 is 0 Å². The molecule has 5 heteroatoms. The summed E-state index contributed by atoms with van der Waals surface area (Å²) in [6, 6.07) is 0.330. The number of hydrogen-bond acceptors (Lipinski definition) is 5. The van der Waals surface area contributed by atoms with Gasteiger partial charge in [-0.2, -0.15) is 0 Å². The van der Waals surface area contributed by atoms with Crippen molar-refractivity contribution < 1.29 is 14.2 Å². The highest BCUT2D eigenvalue weighted by molar-refractivity contribution is 4.86. The van der Waals surface area contributed by atoms with Gasteiger partial charge >= 0.3 is 0 Å². The van der Waals surface area contributed by atoms with Gasteiger partial charge < -0.3 is 25.7 Å². The minimum absolute atomic E-state index is 0.0426. The Labute approximate surface area is 149 Å². The van der Waals surface area contributed by atoms with Crippen LogP contribution < -0.4 is 11.5 Å². The highest BCUT2D eigenvalue weighted by atomic mass is 16.7. The van der Waals surface area contributed by atoms with Crippen LogP contribution in [-0.2, 0) is 14.2 Å². The molecule has 4 unspecified atom stereocenters. The summed E-state index contributed by atoms with van der Waals surface area (Å²) in [6.07, 6.45) is 4.47. The summed E-state index contributed by atoms with van der Waals surface area (Å²) in [5.41, 5.74) is 11.7. The predicted octanol–water partition coefficient (Wildman–Crippen LogP) is 3.44. The van der Waals surface area contributed by atoms with Crippen LogP contribution >= 0.6 is 0 Å². The van der Waals surface area contributed by atoms with E-state index in [1.807, 2.05) is 13.8 Å². The molecule has 1 aliphatic heterocycles. The third kappa shape index (κ3) is 9.33. The Bertz CT molecular complexity index is 327. The van der Waals surface area contributed by atoms with Crippen LogP contribution in [0.3, 0.4) is 0 Å². The molecule has 1 aliphatic rings. The quantitative estimate of drug-likeness (QED) is 0.658. The van der Waals surface area contributed by atoms with Gasteiger partial charge in [0, 0.05) is 13.2 Å². The second kappa shape index (κ2) is 10.7. The number of rotatable bonds is 8. The van der Waals surface area contributed by atoms with E-state index in [9.17, 15) is 0 Å². The van der Waals surface area contributed by atoms with E-state index in [0.29, 0.717) is 18.6 Å². The Morgan fingerprint density at radius 3 is 2.12 bits per heavy atom. The monoisotopic (exact) mass is 346 g/mol. The van der Waals surface area contributed by atoms with Gasteiger partial charge in [-0.15, -0.1) is 0 Å². The molecule has 0 aromatic carbocycles. The van der Waals surface area contributed by atoms with Crippen molar-refractivity contribution in [1.29, 1.82) is 0 Å². The van der Waals surface area contributed by atoms with E-state index in [1.165, 1.54) is 6.42 Å². The Morgan fingerprint density at radius 1 is 1.21 bits per heavy atom. The van der Waals surface area contributed by atoms with E-state index in [4.69, 9.17) is 25.7 Å². The van der Waals surface area contributed by atoms with Gasteiger partial charge in [0.25, 0.3) is 0 Å².